The van der Waals surface area contributed by atoms with Crippen molar-refractivity contribution >= 4 is 21.6 Å². The van der Waals surface area contributed by atoms with Gasteiger partial charge in [-0.1, -0.05) is 0 Å². The molecule has 0 amide bonds. The average Bonchev–Trinajstić information content (AvgIpc) is 3.14. The van der Waals surface area contributed by atoms with Gasteiger partial charge < -0.3 is 9.40 Å². The maximum absolute atomic E-state index is 12.5. The van der Waals surface area contributed by atoms with Gasteiger partial charge in [-0.05, 0) is 25.1 Å². The third kappa shape index (κ3) is 2.29. The number of fused-ring (bicyclic) bond motifs is 1. The van der Waals surface area contributed by atoms with Crippen molar-refractivity contribution < 1.29 is 4.42 Å². The molecular weight excluding hydrogens is 316 g/mol. The van der Waals surface area contributed by atoms with Gasteiger partial charge in [0.05, 0.1) is 5.39 Å². The van der Waals surface area contributed by atoms with E-state index in [9.17, 15) is 9.59 Å². The second-order valence-electron chi connectivity index (χ2n) is 4.96. The summed E-state index contributed by atoms with van der Waals surface area (Å²) in [4.78, 5) is 31.3. The summed E-state index contributed by atoms with van der Waals surface area (Å²) in [5.74, 6) is 1.72. The van der Waals surface area contributed by atoms with Crippen molar-refractivity contribution in [2.75, 3.05) is 0 Å². The van der Waals surface area contributed by atoms with Gasteiger partial charge in [0.2, 0.25) is 0 Å². The van der Waals surface area contributed by atoms with Crippen LogP contribution >= 0.6 is 11.3 Å². The van der Waals surface area contributed by atoms with E-state index in [1.165, 1.54) is 23.5 Å². The lowest BCUT2D eigenvalue weighted by Crippen LogP contribution is -2.11. The van der Waals surface area contributed by atoms with Crippen molar-refractivity contribution in [2.45, 2.75) is 6.92 Å². The molecule has 2 N–H and O–H groups in total. The van der Waals surface area contributed by atoms with Gasteiger partial charge in [0.25, 0.3) is 11.1 Å². The molecule has 0 saturated carbocycles. The van der Waals surface area contributed by atoms with Crippen molar-refractivity contribution in [3.8, 4) is 22.8 Å². The molecule has 0 saturated heterocycles. The van der Waals surface area contributed by atoms with Crippen LogP contribution in [0, 0.1) is 6.92 Å². The zero-order chi connectivity index (χ0) is 16.0. The number of furan rings is 1. The zero-order valence-electron chi connectivity index (χ0n) is 11.9. The normalized spacial score (nSPS) is 11.2. The van der Waals surface area contributed by atoms with E-state index >= 15 is 0 Å². The highest BCUT2D eigenvalue weighted by Crippen LogP contribution is 2.32. The lowest BCUT2D eigenvalue weighted by molar-refractivity contribution is 0.549. The third-order valence-corrected chi connectivity index (χ3v) is 4.24. The maximum atomic E-state index is 12.5. The van der Waals surface area contributed by atoms with E-state index in [2.05, 4.69) is 20.2 Å². The minimum Gasteiger partial charge on any atom is -0.461 e. The van der Waals surface area contributed by atoms with Crippen LogP contribution < -0.4 is 11.1 Å². The minimum absolute atomic E-state index is 0.275. The van der Waals surface area contributed by atoms with Gasteiger partial charge in [-0.15, -0.1) is 11.3 Å². The van der Waals surface area contributed by atoms with Crippen LogP contribution in [0.1, 0.15) is 5.76 Å². The fourth-order valence-electron chi connectivity index (χ4n) is 2.31. The van der Waals surface area contributed by atoms with Crippen molar-refractivity contribution in [1.82, 2.24) is 20.2 Å². The minimum atomic E-state index is -0.316. The average molecular weight is 326 g/mol. The first-order valence-electron chi connectivity index (χ1n) is 6.76. The molecule has 0 aromatic carbocycles. The number of nitrogens with one attached hydrogen (secondary N) is 2. The molecule has 0 unspecified atom stereocenters. The van der Waals surface area contributed by atoms with E-state index in [1.807, 2.05) is 24.4 Å². The lowest BCUT2D eigenvalue weighted by Gasteiger charge is -2.00. The molecule has 0 radical (unpaired) electrons. The predicted molar refractivity (Wildman–Crippen MR) is 86.5 cm³/mol. The summed E-state index contributed by atoms with van der Waals surface area (Å²) in [7, 11) is 0. The van der Waals surface area contributed by atoms with Crippen LogP contribution in [-0.4, -0.2) is 20.2 Å². The second kappa shape index (κ2) is 5.03. The smallest absolute Gasteiger partial charge is 0.264 e. The number of thiophene rings is 1. The van der Waals surface area contributed by atoms with Crippen LogP contribution in [0.3, 0.4) is 0 Å². The van der Waals surface area contributed by atoms with E-state index < -0.39 is 0 Å². The number of hydrogen-bond acceptors (Lipinski definition) is 6. The first-order chi connectivity index (χ1) is 11.1. The fourth-order valence-corrected chi connectivity index (χ4v) is 3.24. The summed E-state index contributed by atoms with van der Waals surface area (Å²) in [6, 6.07) is 6.51. The predicted octanol–water partition coefficient (Wildman–Crippen LogP) is 2.30. The van der Waals surface area contributed by atoms with Crippen molar-refractivity contribution in [3.05, 3.63) is 56.1 Å². The summed E-state index contributed by atoms with van der Waals surface area (Å²) >= 11 is 1.35. The highest BCUT2D eigenvalue weighted by atomic mass is 32.1. The molecule has 4 aromatic rings. The van der Waals surface area contributed by atoms with Crippen LogP contribution in [-0.2, 0) is 0 Å². The van der Waals surface area contributed by atoms with Gasteiger partial charge >= 0.3 is 0 Å². The number of H-pyrrole nitrogens is 2. The molecule has 23 heavy (non-hydrogen) atoms. The monoisotopic (exact) mass is 326 g/mol. The van der Waals surface area contributed by atoms with Gasteiger partial charge in [-0.3, -0.25) is 9.59 Å². The Kier molecular flexibility index (Phi) is 2.98. The second-order valence-corrected chi connectivity index (χ2v) is 5.82. The number of aromatic nitrogens is 4. The number of nitrogens with zero attached hydrogens (tertiary/aromatic N) is 2. The van der Waals surface area contributed by atoms with Gasteiger partial charge in [0, 0.05) is 17.0 Å². The summed E-state index contributed by atoms with van der Waals surface area (Å²) in [6.07, 6.45) is 0. The molecule has 4 heterocycles. The molecule has 4 aromatic heterocycles. The summed E-state index contributed by atoms with van der Waals surface area (Å²) in [5.41, 5.74) is 0.521. The molecule has 0 aliphatic heterocycles. The Bertz CT molecular complexity index is 1120. The molecule has 0 bridgehead atoms. The molecular formula is C15H10N4O3S. The molecule has 7 nitrogen and oxygen atoms in total. The summed E-state index contributed by atoms with van der Waals surface area (Å²) in [5, 5.41) is 8.53. The SMILES string of the molecule is Cc1ccc(-c2csc3nc(-c4ccc(=O)[nH]n4)[nH]c(=O)c23)o1. The van der Waals surface area contributed by atoms with Crippen LogP contribution in [0.5, 0.6) is 0 Å². The van der Waals surface area contributed by atoms with Crippen LogP contribution in [0.15, 0.2) is 43.7 Å². The quantitative estimate of drug-likeness (QED) is 0.588. The van der Waals surface area contributed by atoms with Gasteiger partial charge in [0.1, 0.15) is 22.0 Å². The van der Waals surface area contributed by atoms with Crippen molar-refractivity contribution in [1.29, 1.82) is 0 Å². The van der Waals surface area contributed by atoms with E-state index in [4.69, 9.17) is 4.42 Å². The lowest BCUT2D eigenvalue weighted by atomic mass is 10.2. The Balaban J connectivity index is 1.92. The number of aromatic amines is 2. The molecule has 114 valence electrons. The Hall–Kier alpha value is -3.00. The molecule has 0 aliphatic rings. The fraction of sp³-hybridized carbons (Fsp3) is 0.0667. The van der Waals surface area contributed by atoms with Crippen LogP contribution in [0.2, 0.25) is 0 Å². The number of rotatable bonds is 2. The Morgan fingerprint density at radius 1 is 1.17 bits per heavy atom. The Labute approximate surface area is 132 Å². The van der Waals surface area contributed by atoms with E-state index in [1.54, 1.807) is 0 Å². The Morgan fingerprint density at radius 3 is 2.74 bits per heavy atom. The van der Waals surface area contributed by atoms with Gasteiger partial charge in [-0.25, -0.2) is 10.1 Å². The molecule has 0 spiro atoms. The largest absolute Gasteiger partial charge is 0.461 e. The number of aryl methyl sites for hydroxylation is 1. The molecule has 0 atom stereocenters. The first kappa shape index (κ1) is 13.6. The van der Waals surface area contributed by atoms with E-state index in [0.717, 1.165) is 5.76 Å². The summed E-state index contributed by atoms with van der Waals surface area (Å²) in [6.45, 7) is 1.85. The maximum Gasteiger partial charge on any atom is 0.264 e. The third-order valence-electron chi connectivity index (χ3n) is 3.37. The molecule has 4 rings (SSSR count). The van der Waals surface area contributed by atoms with E-state index in [-0.39, 0.29) is 11.1 Å². The number of hydrogen-bond donors (Lipinski definition) is 2. The topological polar surface area (TPSA) is 105 Å². The summed E-state index contributed by atoms with van der Waals surface area (Å²) < 4.78 is 5.59. The van der Waals surface area contributed by atoms with Crippen molar-refractivity contribution in [3.63, 3.8) is 0 Å². The molecule has 8 heteroatoms. The zero-order valence-corrected chi connectivity index (χ0v) is 12.7. The first-order valence-corrected chi connectivity index (χ1v) is 7.64. The molecule has 0 fully saturated rings. The van der Waals surface area contributed by atoms with E-state index in [0.29, 0.717) is 33.1 Å². The van der Waals surface area contributed by atoms with Crippen LogP contribution in [0.25, 0.3) is 33.1 Å². The van der Waals surface area contributed by atoms with Gasteiger partial charge in [0.15, 0.2) is 5.82 Å². The standard InChI is InChI=1S/C15H10N4O3S/c1-7-2-4-10(22-7)8-6-23-15-12(8)14(21)16-13(17-15)9-3-5-11(20)19-18-9/h2-6H,1H3,(H,19,20)(H,16,17,21). The van der Waals surface area contributed by atoms with Gasteiger partial charge in [-0.2, -0.15) is 5.10 Å². The highest BCUT2D eigenvalue weighted by Gasteiger charge is 2.16. The van der Waals surface area contributed by atoms with Crippen LogP contribution in [0.4, 0.5) is 0 Å². The Morgan fingerprint density at radius 2 is 2.04 bits per heavy atom. The van der Waals surface area contributed by atoms with Crippen molar-refractivity contribution in [2.24, 2.45) is 0 Å². The molecule has 0 aliphatic carbocycles. The highest BCUT2D eigenvalue weighted by molar-refractivity contribution is 7.17.